The van der Waals surface area contributed by atoms with Gasteiger partial charge in [-0.3, -0.25) is 9.89 Å². The molecule has 0 aliphatic rings. The highest BCUT2D eigenvalue weighted by Gasteiger charge is 2.14. The number of aryl methyl sites for hydroxylation is 1. The maximum atomic E-state index is 11.0. The molecule has 2 aromatic rings. The van der Waals surface area contributed by atoms with Crippen LogP contribution in [0.15, 0.2) is 23.4 Å². The molecular formula is C13H15ClN4O2S. The molecule has 0 unspecified atom stereocenters. The zero-order valence-electron chi connectivity index (χ0n) is 11.6. The van der Waals surface area contributed by atoms with Gasteiger partial charge in [0.15, 0.2) is 5.82 Å². The largest absolute Gasteiger partial charge is 0.486 e. The van der Waals surface area contributed by atoms with E-state index < -0.39 is 5.91 Å². The van der Waals surface area contributed by atoms with Crippen molar-refractivity contribution in [2.24, 2.45) is 5.73 Å². The minimum atomic E-state index is -0.403. The highest BCUT2D eigenvalue weighted by Crippen LogP contribution is 2.22. The molecule has 1 aromatic carbocycles. The number of aromatic nitrogens is 3. The SMILES string of the molecule is Cc1cc(OCc2nc(S[C@@H](C)C(N)=O)n[nH]2)ccc1Cl. The minimum absolute atomic E-state index is 0.250. The van der Waals surface area contributed by atoms with E-state index in [2.05, 4.69) is 15.2 Å². The van der Waals surface area contributed by atoms with E-state index in [-0.39, 0.29) is 11.9 Å². The fourth-order valence-electron chi connectivity index (χ4n) is 1.47. The summed E-state index contributed by atoms with van der Waals surface area (Å²) in [4.78, 5) is 15.2. The van der Waals surface area contributed by atoms with Crippen LogP contribution in [0.3, 0.4) is 0 Å². The van der Waals surface area contributed by atoms with Gasteiger partial charge >= 0.3 is 0 Å². The van der Waals surface area contributed by atoms with Crippen LogP contribution in [0.1, 0.15) is 18.3 Å². The molecule has 1 aromatic heterocycles. The van der Waals surface area contributed by atoms with Gasteiger partial charge in [0.05, 0.1) is 5.25 Å². The molecule has 8 heteroatoms. The molecule has 0 spiro atoms. The van der Waals surface area contributed by atoms with Crippen molar-refractivity contribution >= 4 is 29.3 Å². The van der Waals surface area contributed by atoms with Crippen LogP contribution in [0.2, 0.25) is 5.02 Å². The average molecular weight is 327 g/mol. The summed E-state index contributed by atoms with van der Waals surface area (Å²) in [6, 6.07) is 5.42. The number of primary amides is 1. The summed E-state index contributed by atoms with van der Waals surface area (Å²) in [5.74, 6) is 0.869. The average Bonchev–Trinajstić information content (AvgIpc) is 2.87. The van der Waals surface area contributed by atoms with Gasteiger partial charge < -0.3 is 10.5 Å². The number of hydrogen-bond acceptors (Lipinski definition) is 5. The number of ether oxygens (including phenoxy) is 1. The molecule has 0 saturated heterocycles. The topological polar surface area (TPSA) is 93.9 Å². The fourth-order valence-corrected chi connectivity index (χ4v) is 2.28. The maximum absolute atomic E-state index is 11.0. The van der Waals surface area contributed by atoms with E-state index in [4.69, 9.17) is 22.1 Å². The van der Waals surface area contributed by atoms with Crippen LogP contribution >= 0.6 is 23.4 Å². The van der Waals surface area contributed by atoms with Crippen molar-refractivity contribution < 1.29 is 9.53 Å². The van der Waals surface area contributed by atoms with Crippen molar-refractivity contribution in [1.29, 1.82) is 0 Å². The Labute approximate surface area is 131 Å². The highest BCUT2D eigenvalue weighted by molar-refractivity contribution is 8.00. The Bertz CT molecular complexity index is 647. The normalized spacial score (nSPS) is 12.1. The van der Waals surface area contributed by atoms with Gasteiger partial charge in [0.1, 0.15) is 12.4 Å². The zero-order chi connectivity index (χ0) is 15.4. The smallest absolute Gasteiger partial charge is 0.230 e. The molecule has 0 aliphatic carbocycles. The Hall–Kier alpha value is -1.73. The van der Waals surface area contributed by atoms with Gasteiger partial charge in [-0.05, 0) is 37.6 Å². The summed E-state index contributed by atoms with van der Waals surface area (Å²) in [6.45, 7) is 3.86. The van der Waals surface area contributed by atoms with E-state index in [9.17, 15) is 4.79 Å². The van der Waals surface area contributed by atoms with Crippen molar-refractivity contribution in [1.82, 2.24) is 15.2 Å². The minimum Gasteiger partial charge on any atom is -0.486 e. The number of rotatable bonds is 6. The Balaban J connectivity index is 1.93. The number of carbonyl (C=O) groups excluding carboxylic acids is 1. The van der Waals surface area contributed by atoms with Gasteiger partial charge in [0.25, 0.3) is 0 Å². The number of hydrogen-bond donors (Lipinski definition) is 2. The van der Waals surface area contributed by atoms with E-state index >= 15 is 0 Å². The summed E-state index contributed by atoms with van der Waals surface area (Å²) < 4.78 is 5.60. The van der Waals surface area contributed by atoms with Gasteiger partial charge in [-0.2, -0.15) is 0 Å². The summed E-state index contributed by atoms with van der Waals surface area (Å²) in [5.41, 5.74) is 6.13. The number of amides is 1. The molecule has 1 heterocycles. The number of nitrogens with zero attached hydrogens (tertiary/aromatic N) is 2. The third-order valence-electron chi connectivity index (χ3n) is 2.70. The van der Waals surface area contributed by atoms with Crippen LogP contribution in [0.25, 0.3) is 0 Å². The second kappa shape index (κ2) is 6.82. The molecule has 21 heavy (non-hydrogen) atoms. The van der Waals surface area contributed by atoms with Crippen molar-refractivity contribution in [2.45, 2.75) is 30.9 Å². The van der Waals surface area contributed by atoms with Gasteiger partial charge in [-0.15, -0.1) is 5.10 Å². The number of halogens is 1. The zero-order valence-corrected chi connectivity index (χ0v) is 13.2. The maximum Gasteiger partial charge on any atom is 0.230 e. The quantitative estimate of drug-likeness (QED) is 0.794. The lowest BCUT2D eigenvalue weighted by Crippen LogP contribution is -2.22. The molecule has 112 valence electrons. The van der Waals surface area contributed by atoms with E-state index in [0.717, 1.165) is 5.56 Å². The van der Waals surface area contributed by atoms with Crippen molar-refractivity contribution in [3.05, 3.63) is 34.6 Å². The van der Waals surface area contributed by atoms with Crippen molar-refractivity contribution in [2.75, 3.05) is 0 Å². The molecule has 1 amide bonds. The monoisotopic (exact) mass is 326 g/mol. The number of carbonyl (C=O) groups is 1. The molecule has 3 N–H and O–H groups in total. The predicted molar refractivity (Wildman–Crippen MR) is 81.4 cm³/mol. The van der Waals surface area contributed by atoms with Crippen LogP contribution in [0.5, 0.6) is 5.75 Å². The molecule has 0 aliphatic heterocycles. The number of aromatic amines is 1. The lowest BCUT2D eigenvalue weighted by Gasteiger charge is -2.05. The van der Waals surface area contributed by atoms with E-state index in [1.54, 1.807) is 19.1 Å². The first kappa shape index (κ1) is 15.7. The highest BCUT2D eigenvalue weighted by atomic mass is 35.5. The summed E-state index contributed by atoms with van der Waals surface area (Å²) in [6.07, 6.45) is 0. The molecule has 2 rings (SSSR count). The second-order valence-corrected chi connectivity index (χ2v) is 6.14. The lowest BCUT2D eigenvalue weighted by atomic mass is 10.2. The van der Waals surface area contributed by atoms with Crippen LogP contribution in [-0.4, -0.2) is 26.3 Å². The molecular weight excluding hydrogens is 312 g/mol. The predicted octanol–water partition coefficient (Wildman–Crippen LogP) is 2.31. The van der Waals surface area contributed by atoms with Crippen LogP contribution in [0, 0.1) is 6.92 Å². The van der Waals surface area contributed by atoms with Crippen molar-refractivity contribution in [3.8, 4) is 5.75 Å². The van der Waals surface area contributed by atoms with Crippen molar-refractivity contribution in [3.63, 3.8) is 0 Å². The van der Waals surface area contributed by atoms with Gasteiger partial charge in [-0.25, -0.2) is 4.98 Å². The fraction of sp³-hybridized carbons (Fsp3) is 0.308. The first-order valence-electron chi connectivity index (χ1n) is 6.22. The molecule has 6 nitrogen and oxygen atoms in total. The van der Waals surface area contributed by atoms with Crippen LogP contribution < -0.4 is 10.5 Å². The molecule has 0 bridgehead atoms. The van der Waals surface area contributed by atoms with E-state index in [1.165, 1.54) is 11.8 Å². The first-order valence-corrected chi connectivity index (χ1v) is 7.47. The Morgan fingerprint density at radius 3 is 3.00 bits per heavy atom. The first-order chi connectivity index (χ1) is 9.95. The van der Waals surface area contributed by atoms with E-state index in [1.807, 2.05) is 13.0 Å². The van der Waals surface area contributed by atoms with Gasteiger partial charge in [0.2, 0.25) is 11.1 Å². The third-order valence-corrected chi connectivity index (χ3v) is 4.10. The molecule has 0 fully saturated rings. The molecule has 0 radical (unpaired) electrons. The van der Waals surface area contributed by atoms with E-state index in [0.29, 0.717) is 21.8 Å². The number of benzene rings is 1. The molecule has 1 atom stereocenters. The lowest BCUT2D eigenvalue weighted by molar-refractivity contribution is -0.117. The number of nitrogens with two attached hydrogens (primary N) is 1. The summed E-state index contributed by atoms with van der Waals surface area (Å²) >= 11 is 7.15. The second-order valence-electron chi connectivity index (χ2n) is 4.43. The van der Waals surface area contributed by atoms with Gasteiger partial charge in [-0.1, -0.05) is 23.4 Å². The molecule has 0 saturated carbocycles. The van der Waals surface area contributed by atoms with Gasteiger partial charge in [0, 0.05) is 5.02 Å². The Kier molecular flexibility index (Phi) is 5.08. The van der Waals surface area contributed by atoms with Crippen LogP contribution in [-0.2, 0) is 11.4 Å². The number of H-pyrrole nitrogens is 1. The van der Waals surface area contributed by atoms with Crippen LogP contribution in [0.4, 0.5) is 0 Å². The third kappa shape index (κ3) is 4.37. The summed E-state index contributed by atoms with van der Waals surface area (Å²) in [7, 11) is 0. The standard InChI is InChI=1S/C13H15ClN4O2S/c1-7-5-9(3-4-10(7)14)20-6-11-16-13(18-17-11)21-8(2)12(15)19/h3-5,8H,6H2,1-2H3,(H2,15,19)(H,16,17,18)/t8-/m0/s1. The Morgan fingerprint density at radius 2 is 2.33 bits per heavy atom. The Morgan fingerprint density at radius 1 is 1.57 bits per heavy atom. The summed E-state index contributed by atoms with van der Waals surface area (Å²) in [5, 5.41) is 7.54. The number of nitrogens with one attached hydrogen (secondary N) is 1. The number of thioether (sulfide) groups is 1.